The van der Waals surface area contributed by atoms with Crippen molar-refractivity contribution >= 4 is 40.4 Å². The summed E-state index contributed by atoms with van der Waals surface area (Å²) < 4.78 is 15.7. The Morgan fingerprint density at radius 1 is 1.03 bits per heavy atom. The second-order valence-electron chi connectivity index (χ2n) is 5.92. The second-order valence-corrected chi connectivity index (χ2v) is 6.36. The fourth-order valence-corrected chi connectivity index (χ4v) is 2.71. The van der Waals surface area contributed by atoms with E-state index < -0.39 is 24.4 Å². The molecule has 0 fully saturated rings. The Labute approximate surface area is 170 Å². The quantitative estimate of drug-likeness (QED) is 0.472. The van der Waals surface area contributed by atoms with Gasteiger partial charge < -0.3 is 13.9 Å². The topological polar surface area (TPSA) is 107 Å². The van der Waals surface area contributed by atoms with Crippen LogP contribution in [-0.2, 0) is 20.9 Å². The molecule has 1 heterocycles. The molecule has 0 saturated carbocycles. The molecule has 29 heavy (non-hydrogen) atoms. The molecule has 0 aliphatic carbocycles. The smallest absolute Gasteiger partial charge is 0.375 e. The van der Waals surface area contributed by atoms with E-state index in [-0.39, 0.29) is 12.4 Å². The molecular weight excluding hydrogens is 400 g/mol. The van der Waals surface area contributed by atoms with E-state index >= 15 is 0 Å². The van der Waals surface area contributed by atoms with Crippen LogP contribution < -0.4 is 10.9 Å². The van der Waals surface area contributed by atoms with E-state index in [9.17, 15) is 14.4 Å². The maximum absolute atomic E-state index is 12.4. The van der Waals surface area contributed by atoms with E-state index in [2.05, 4.69) is 10.9 Å². The maximum Gasteiger partial charge on any atom is 0.375 e. The lowest BCUT2D eigenvalue weighted by atomic mass is 10.1. The molecule has 0 bridgehead atoms. The number of hydrogen-bond acceptors (Lipinski definition) is 6. The van der Waals surface area contributed by atoms with Crippen LogP contribution in [-0.4, -0.2) is 31.5 Å². The average molecular weight is 417 g/mol. The molecule has 0 saturated heterocycles. The summed E-state index contributed by atoms with van der Waals surface area (Å²) in [4.78, 5) is 36.2. The van der Waals surface area contributed by atoms with Crippen LogP contribution >= 0.6 is 11.6 Å². The zero-order valence-corrected chi connectivity index (χ0v) is 16.1. The normalized spacial score (nSPS) is 10.6. The summed E-state index contributed by atoms with van der Waals surface area (Å²) in [6, 6.07) is 13.2. The number of esters is 1. The minimum Gasteiger partial charge on any atom is -0.450 e. The van der Waals surface area contributed by atoms with Crippen LogP contribution in [0.4, 0.5) is 0 Å². The number of carbonyl (C=O) groups is 3. The average Bonchev–Trinajstić information content (AvgIpc) is 3.10. The van der Waals surface area contributed by atoms with Gasteiger partial charge >= 0.3 is 5.97 Å². The van der Waals surface area contributed by atoms with Gasteiger partial charge in [0.2, 0.25) is 5.76 Å². The molecule has 150 valence electrons. The molecule has 0 radical (unpaired) electrons. The Balaban J connectivity index is 1.57. The SMILES string of the molecule is COCc1c(C(=O)OCC(=O)NNC(=O)c2ccc(Cl)cc2)oc2ccccc12. The van der Waals surface area contributed by atoms with Crippen LogP contribution in [0.3, 0.4) is 0 Å². The molecule has 3 rings (SSSR count). The largest absolute Gasteiger partial charge is 0.450 e. The minimum absolute atomic E-state index is 0.0361. The summed E-state index contributed by atoms with van der Waals surface area (Å²) in [7, 11) is 1.49. The molecule has 8 nitrogen and oxygen atoms in total. The minimum atomic E-state index is -0.813. The van der Waals surface area contributed by atoms with Crippen LogP contribution in [0.25, 0.3) is 11.0 Å². The van der Waals surface area contributed by atoms with Gasteiger partial charge in [0.05, 0.1) is 6.61 Å². The highest BCUT2D eigenvalue weighted by atomic mass is 35.5. The third-order valence-corrected chi connectivity index (χ3v) is 4.18. The van der Waals surface area contributed by atoms with Gasteiger partial charge in [-0.2, -0.15) is 0 Å². The highest BCUT2D eigenvalue weighted by molar-refractivity contribution is 6.30. The molecule has 0 spiro atoms. The molecule has 2 N–H and O–H groups in total. The standard InChI is InChI=1S/C20H17ClN2O6/c1-27-10-15-14-4-2-3-5-16(14)29-18(15)20(26)28-11-17(24)22-23-19(25)12-6-8-13(21)9-7-12/h2-9H,10-11H2,1H3,(H,22,24)(H,23,25). The number of amides is 2. The number of rotatable bonds is 6. The number of nitrogens with one attached hydrogen (secondary N) is 2. The summed E-state index contributed by atoms with van der Waals surface area (Å²) in [6.07, 6.45) is 0. The van der Waals surface area contributed by atoms with Crippen molar-refractivity contribution in [2.24, 2.45) is 0 Å². The lowest BCUT2D eigenvalue weighted by Gasteiger charge is -2.08. The third-order valence-electron chi connectivity index (χ3n) is 3.93. The van der Waals surface area contributed by atoms with Gasteiger partial charge in [0.15, 0.2) is 6.61 Å². The van der Waals surface area contributed by atoms with Gasteiger partial charge in [-0.15, -0.1) is 0 Å². The first-order chi connectivity index (χ1) is 14.0. The molecular formula is C20H17ClN2O6. The Kier molecular flexibility index (Phi) is 6.48. The second kappa shape index (κ2) is 9.22. The Hall–Kier alpha value is -3.36. The monoisotopic (exact) mass is 416 g/mol. The van der Waals surface area contributed by atoms with Gasteiger partial charge in [0.1, 0.15) is 5.58 Å². The first kappa shape index (κ1) is 20.4. The highest BCUT2D eigenvalue weighted by Gasteiger charge is 2.22. The summed E-state index contributed by atoms with van der Waals surface area (Å²) >= 11 is 5.76. The van der Waals surface area contributed by atoms with Gasteiger partial charge in [-0.1, -0.05) is 29.8 Å². The van der Waals surface area contributed by atoms with E-state index in [4.69, 9.17) is 25.5 Å². The number of para-hydroxylation sites is 1. The number of hydrazine groups is 1. The number of furan rings is 1. The van der Waals surface area contributed by atoms with E-state index in [0.717, 1.165) is 5.39 Å². The van der Waals surface area contributed by atoms with Crippen molar-refractivity contribution in [1.82, 2.24) is 10.9 Å². The predicted molar refractivity (Wildman–Crippen MR) is 104 cm³/mol. The fourth-order valence-electron chi connectivity index (χ4n) is 2.58. The molecule has 9 heteroatoms. The molecule has 2 amide bonds. The number of ether oxygens (including phenoxy) is 2. The summed E-state index contributed by atoms with van der Waals surface area (Å²) in [6.45, 7) is -0.464. The Morgan fingerprint density at radius 3 is 2.48 bits per heavy atom. The van der Waals surface area contributed by atoms with Gasteiger partial charge in [-0.25, -0.2) is 4.79 Å². The Morgan fingerprint density at radius 2 is 1.76 bits per heavy atom. The van der Waals surface area contributed by atoms with Crippen molar-refractivity contribution in [2.45, 2.75) is 6.61 Å². The lowest BCUT2D eigenvalue weighted by molar-refractivity contribution is -0.125. The van der Waals surface area contributed by atoms with Crippen LogP contribution in [0.15, 0.2) is 52.9 Å². The number of carbonyl (C=O) groups excluding carboxylic acids is 3. The zero-order valence-electron chi connectivity index (χ0n) is 15.4. The lowest BCUT2D eigenvalue weighted by Crippen LogP contribution is -2.43. The van der Waals surface area contributed by atoms with Crippen LogP contribution in [0.2, 0.25) is 5.02 Å². The van der Waals surface area contributed by atoms with Gasteiger partial charge in [0.25, 0.3) is 11.8 Å². The molecule has 2 aromatic carbocycles. The summed E-state index contributed by atoms with van der Waals surface area (Å²) in [5.74, 6) is -2.11. The van der Waals surface area contributed by atoms with E-state index in [1.165, 1.54) is 19.2 Å². The van der Waals surface area contributed by atoms with Crippen LogP contribution in [0.5, 0.6) is 0 Å². The number of benzene rings is 2. The van der Waals surface area contributed by atoms with E-state index in [1.54, 1.807) is 30.3 Å². The maximum atomic E-state index is 12.4. The fraction of sp³-hybridized carbons (Fsp3) is 0.150. The molecule has 0 aliphatic heterocycles. The molecule has 1 aromatic heterocycles. The number of halogens is 1. The van der Waals surface area contributed by atoms with Gasteiger partial charge in [-0.05, 0) is 30.3 Å². The number of hydrogen-bond donors (Lipinski definition) is 2. The molecule has 0 atom stereocenters. The molecule has 0 aliphatic rings. The van der Waals surface area contributed by atoms with E-state index in [1.807, 2.05) is 6.07 Å². The zero-order chi connectivity index (χ0) is 20.8. The third kappa shape index (κ3) is 4.92. The molecule has 3 aromatic rings. The van der Waals surface area contributed by atoms with Crippen molar-refractivity contribution in [1.29, 1.82) is 0 Å². The van der Waals surface area contributed by atoms with Gasteiger partial charge in [0, 0.05) is 28.6 Å². The predicted octanol–water partition coefficient (Wildman–Crippen LogP) is 2.85. The number of fused-ring (bicyclic) bond motifs is 1. The van der Waals surface area contributed by atoms with Crippen LogP contribution in [0, 0.1) is 0 Å². The summed E-state index contributed by atoms with van der Waals surface area (Å²) in [5.41, 5.74) is 5.72. The first-order valence-corrected chi connectivity index (χ1v) is 8.88. The van der Waals surface area contributed by atoms with Crippen molar-refractivity contribution in [2.75, 3.05) is 13.7 Å². The van der Waals surface area contributed by atoms with Crippen molar-refractivity contribution in [3.63, 3.8) is 0 Å². The van der Waals surface area contributed by atoms with Gasteiger partial charge in [-0.3, -0.25) is 20.4 Å². The molecule has 0 unspecified atom stereocenters. The Bertz CT molecular complexity index is 1040. The van der Waals surface area contributed by atoms with Crippen molar-refractivity contribution in [3.8, 4) is 0 Å². The number of methoxy groups -OCH3 is 1. The first-order valence-electron chi connectivity index (χ1n) is 8.51. The van der Waals surface area contributed by atoms with Crippen LogP contribution in [0.1, 0.15) is 26.5 Å². The van der Waals surface area contributed by atoms with E-state index in [0.29, 0.717) is 21.7 Å². The van der Waals surface area contributed by atoms with Crippen molar-refractivity contribution in [3.05, 3.63) is 70.4 Å². The highest BCUT2D eigenvalue weighted by Crippen LogP contribution is 2.27. The summed E-state index contributed by atoms with van der Waals surface area (Å²) in [5, 5.41) is 1.21. The van der Waals surface area contributed by atoms with Crippen molar-refractivity contribution < 1.29 is 28.3 Å².